The van der Waals surface area contributed by atoms with E-state index in [0.717, 1.165) is 25.9 Å². The number of rotatable bonds is 2. The number of amides is 1. The van der Waals surface area contributed by atoms with E-state index in [1.165, 1.54) is 12.8 Å². The lowest BCUT2D eigenvalue weighted by Crippen LogP contribution is -2.39. The SMILES string of the molecule is CC(N)CC1CCCCN(C(=O)OC(C)(C)C)C1. The summed E-state index contributed by atoms with van der Waals surface area (Å²) in [6, 6.07) is 0.202. The largest absolute Gasteiger partial charge is 0.444 e. The molecule has 4 heteroatoms. The van der Waals surface area contributed by atoms with Crippen LogP contribution in [0.15, 0.2) is 0 Å². The molecule has 0 radical (unpaired) electrons. The van der Waals surface area contributed by atoms with Crippen LogP contribution < -0.4 is 5.73 Å². The summed E-state index contributed by atoms with van der Waals surface area (Å²) in [5.74, 6) is 0.514. The van der Waals surface area contributed by atoms with Crippen LogP contribution in [0, 0.1) is 5.92 Å². The zero-order valence-corrected chi connectivity index (χ0v) is 12.2. The normalized spacial score (nSPS) is 23.4. The van der Waals surface area contributed by atoms with Crippen LogP contribution in [-0.2, 0) is 4.74 Å². The summed E-state index contributed by atoms with van der Waals surface area (Å²) in [6.07, 6.45) is 4.21. The van der Waals surface area contributed by atoms with Crippen LogP contribution >= 0.6 is 0 Å². The van der Waals surface area contributed by atoms with Crippen molar-refractivity contribution in [3.63, 3.8) is 0 Å². The molecule has 1 fully saturated rings. The van der Waals surface area contributed by atoms with Gasteiger partial charge in [0.25, 0.3) is 0 Å². The molecule has 0 aromatic rings. The van der Waals surface area contributed by atoms with Crippen LogP contribution in [0.25, 0.3) is 0 Å². The van der Waals surface area contributed by atoms with Crippen LogP contribution in [-0.4, -0.2) is 35.7 Å². The summed E-state index contributed by atoms with van der Waals surface area (Å²) in [4.78, 5) is 13.9. The van der Waals surface area contributed by atoms with Crippen LogP contribution in [0.3, 0.4) is 0 Å². The summed E-state index contributed by atoms with van der Waals surface area (Å²) >= 11 is 0. The lowest BCUT2D eigenvalue weighted by Gasteiger charge is -2.28. The van der Waals surface area contributed by atoms with Gasteiger partial charge in [-0.2, -0.15) is 0 Å². The number of nitrogens with two attached hydrogens (primary N) is 1. The van der Waals surface area contributed by atoms with Crippen molar-refractivity contribution >= 4 is 6.09 Å². The zero-order valence-electron chi connectivity index (χ0n) is 12.2. The van der Waals surface area contributed by atoms with Gasteiger partial charge in [-0.1, -0.05) is 6.42 Å². The summed E-state index contributed by atoms with van der Waals surface area (Å²) < 4.78 is 5.44. The van der Waals surface area contributed by atoms with Crippen molar-refractivity contribution in [2.75, 3.05) is 13.1 Å². The Balaban J connectivity index is 2.55. The van der Waals surface area contributed by atoms with Crippen LogP contribution in [0.4, 0.5) is 4.79 Å². The van der Waals surface area contributed by atoms with Gasteiger partial charge in [0.05, 0.1) is 0 Å². The lowest BCUT2D eigenvalue weighted by atomic mass is 9.96. The first kappa shape index (κ1) is 15.3. The fourth-order valence-electron chi connectivity index (χ4n) is 2.44. The molecule has 1 saturated heterocycles. The fraction of sp³-hybridized carbons (Fsp3) is 0.929. The van der Waals surface area contributed by atoms with E-state index in [9.17, 15) is 4.79 Å². The van der Waals surface area contributed by atoms with E-state index in [4.69, 9.17) is 10.5 Å². The molecular formula is C14H28N2O2. The molecule has 0 saturated carbocycles. The van der Waals surface area contributed by atoms with Gasteiger partial charge in [-0.3, -0.25) is 0 Å². The van der Waals surface area contributed by atoms with Crippen molar-refractivity contribution in [1.82, 2.24) is 4.90 Å². The first-order valence-corrected chi connectivity index (χ1v) is 7.01. The number of hydrogen-bond acceptors (Lipinski definition) is 3. The van der Waals surface area contributed by atoms with Crippen LogP contribution in [0.5, 0.6) is 0 Å². The van der Waals surface area contributed by atoms with Gasteiger partial charge in [-0.05, 0) is 52.9 Å². The van der Waals surface area contributed by atoms with Crippen molar-refractivity contribution in [2.45, 2.75) is 65.0 Å². The van der Waals surface area contributed by atoms with Gasteiger partial charge in [0.1, 0.15) is 5.60 Å². The quantitative estimate of drug-likeness (QED) is 0.826. The molecule has 0 aromatic heterocycles. The van der Waals surface area contributed by atoms with Gasteiger partial charge < -0.3 is 15.4 Å². The first-order valence-electron chi connectivity index (χ1n) is 7.01. The highest BCUT2D eigenvalue weighted by atomic mass is 16.6. The van der Waals surface area contributed by atoms with Crippen molar-refractivity contribution in [3.8, 4) is 0 Å². The van der Waals surface area contributed by atoms with Crippen molar-refractivity contribution < 1.29 is 9.53 Å². The monoisotopic (exact) mass is 256 g/mol. The Labute approximate surface area is 111 Å². The minimum Gasteiger partial charge on any atom is -0.444 e. The Morgan fingerprint density at radius 2 is 2.11 bits per heavy atom. The molecule has 2 unspecified atom stereocenters. The van der Waals surface area contributed by atoms with Crippen molar-refractivity contribution in [2.24, 2.45) is 11.7 Å². The van der Waals surface area contributed by atoms with E-state index in [1.807, 2.05) is 32.6 Å². The minimum atomic E-state index is -0.417. The van der Waals surface area contributed by atoms with Crippen molar-refractivity contribution in [3.05, 3.63) is 0 Å². The van der Waals surface area contributed by atoms with E-state index in [1.54, 1.807) is 0 Å². The van der Waals surface area contributed by atoms with E-state index in [2.05, 4.69) is 0 Å². The summed E-state index contributed by atoms with van der Waals surface area (Å²) in [5.41, 5.74) is 5.45. The summed E-state index contributed by atoms with van der Waals surface area (Å²) in [6.45, 7) is 9.34. The molecule has 1 heterocycles. The zero-order chi connectivity index (χ0) is 13.8. The molecular weight excluding hydrogens is 228 g/mol. The molecule has 0 aliphatic carbocycles. The number of likely N-dealkylation sites (tertiary alicyclic amines) is 1. The van der Waals surface area contributed by atoms with E-state index in [-0.39, 0.29) is 12.1 Å². The molecule has 2 N–H and O–H groups in total. The Morgan fingerprint density at radius 3 is 2.67 bits per heavy atom. The maximum absolute atomic E-state index is 12.1. The smallest absolute Gasteiger partial charge is 0.410 e. The standard InChI is InChI=1S/C14H28N2O2/c1-11(15)9-12-7-5-6-8-16(10-12)13(17)18-14(2,3)4/h11-12H,5-10,15H2,1-4H3. The Kier molecular flexibility index (Phi) is 5.45. The second kappa shape index (κ2) is 6.41. The van der Waals surface area contributed by atoms with Gasteiger partial charge in [0.2, 0.25) is 0 Å². The van der Waals surface area contributed by atoms with E-state index < -0.39 is 5.60 Å². The van der Waals surface area contributed by atoms with Crippen molar-refractivity contribution in [1.29, 1.82) is 0 Å². The van der Waals surface area contributed by atoms with Gasteiger partial charge in [-0.15, -0.1) is 0 Å². The maximum atomic E-state index is 12.1. The molecule has 18 heavy (non-hydrogen) atoms. The fourth-order valence-corrected chi connectivity index (χ4v) is 2.44. The number of nitrogens with zero attached hydrogens (tertiary/aromatic N) is 1. The molecule has 106 valence electrons. The number of ether oxygens (including phenoxy) is 1. The van der Waals surface area contributed by atoms with E-state index in [0.29, 0.717) is 5.92 Å². The Hall–Kier alpha value is -0.770. The molecule has 4 nitrogen and oxygen atoms in total. The first-order chi connectivity index (χ1) is 8.28. The Morgan fingerprint density at radius 1 is 1.44 bits per heavy atom. The van der Waals surface area contributed by atoms with Gasteiger partial charge in [0.15, 0.2) is 0 Å². The second-order valence-electron chi connectivity index (χ2n) is 6.50. The highest BCUT2D eigenvalue weighted by molar-refractivity contribution is 5.68. The molecule has 1 amide bonds. The summed E-state index contributed by atoms with van der Waals surface area (Å²) in [7, 11) is 0. The van der Waals surface area contributed by atoms with Crippen LogP contribution in [0.2, 0.25) is 0 Å². The molecule has 0 bridgehead atoms. The van der Waals surface area contributed by atoms with Crippen LogP contribution in [0.1, 0.15) is 53.4 Å². The van der Waals surface area contributed by atoms with Gasteiger partial charge in [-0.25, -0.2) is 4.79 Å². The summed E-state index contributed by atoms with van der Waals surface area (Å²) in [5, 5.41) is 0. The molecule has 1 aliphatic rings. The number of carbonyl (C=O) groups is 1. The molecule has 1 aliphatic heterocycles. The average molecular weight is 256 g/mol. The molecule has 2 atom stereocenters. The molecule has 1 rings (SSSR count). The number of carbonyl (C=O) groups excluding carboxylic acids is 1. The third-order valence-corrected chi connectivity index (χ3v) is 3.13. The van der Waals surface area contributed by atoms with Gasteiger partial charge >= 0.3 is 6.09 Å². The third kappa shape index (κ3) is 5.71. The predicted molar refractivity (Wildman–Crippen MR) is 73.4 cm³/mol. The Bertz CT molecular complexity index is 271. The minimum absolute atomic E-state index is 0.181. The predicted octanol–water partition coefficient (Wildman–Crippen LogP) is 2.76. The second-order valence-corrected chi connectivity index (χ2v) is 6.50. The highest BCUT2D eigenvalue weighted by Crippen LogP contribution is 2.22. The van der Waals surface area contributed by atoms with E-state index >= 15 is 0 Å². The van der Waals surface area contributed by atoms with Gasteiger partial charge in [0, 0.05) is 19.1 Å². The molecule has 0 aromatic carbocycles. The topological polar surface area (TPSA) is 55.6 Å². The number of hydrogen-bond donors (Lipinski definition) is 1. The maximum Gasteiger partial charge on any atom is 0.410 e. The molecule has 0 spiro atoms. The highest BCUT2D eigenvalue weighted by Gasteiger charge is 2.26. The lowest BCUT2D eigenvalue weighted by molar-refractivity contribution is 0.0231. The third-order valence-electron chi connectivity index (χ3n) is 3.13. The average Bonchev–Trinajstić information content (AvgIpc) is 2.39.